The van der Waals surface area contributed by atoms with Gasteiger partial charge in [-0.1, -0.05) is 0 Å². The maximum absolute atomic E-state index is 5.41. The number of hydrazine groups is 1. The van der Waals surface area contributed by atoms with Crippen LogP contribution in [0.4, 0.5) is 11.6 Å². The highest BCUT2D eigenvalue weighted by Gasteiger charge is 2.07. The van der Waals surface area contributed by atoms with E-state index in [0.29, 0.717) is 11.6 Å². The van der Waals surface area contributed by atoms with Gasteiger partial charge in [0.2, 0.25) is 0 Å². The SMILES string of the molecule is COCCN(C)CCNc1nc(NN)cn2ccnc12. The van der Waals surface area contributed by atoms with Gasteiger partial charge in [-0.15, -0.1) is 0 Å². The molecule has 0 atom stereocenters. The minimum atomic E-state index is 0.589. The molecule has 0 saturated heterocycles. The van der Waals surface area contributed by atoms with Crippen molar-refractivity contribution in [2.45, 2.75) is 0 Å². The number of rotatable bonds is 8. The van der Waals surface area contributed by atoms with Crippen molar-refractivity contribution in [3.05, 3.63) is 18.6 Å². The number of nitrogens with zero attached hydrogens (tertiary/aromatic N) is 4. The normalized spacial score (nSPS) is 11.2. The number of aromatic nitrogens is 3. The summed E-state index contributed by atoms with van der Waals surface area (Å²) in [6.07, 6.45) is 5.37. The van der Waals surface area contributed by atoms with Gasteiger partial charge >= 0.3 is 0 Å². The molecule has 0 saturated carbocycles. The number of fused-ring (bicyclic) bond motifs is 1. The van der Waals surface area contributed by atoms with Crippen LogP contribution in [0, 0.1) is 0 Å². The zero-order valence-electron chi connectivity index (χ0n) is 11.8. The van der Waals surface area contributed by atoms with Crippen LogP contribution < -0.4 is 16.6 Å². The molecule has 8 nitrogen and oxygen atoms in total. The van der Waals surface area contributed by atoms with Crippen molar-refractivity contribution in [3.63, 3.8) is 0 Å². The number of imidazole rings is 1. The highest BCUT2D eigenvalue weighted by molar-refractivity contribution is 5.65. The molecule has 0 radical (unpaired) electrons. The smallest absolute Gasteiger partial charge is 0.180 e. The van der Waals surface area contributed by atoms with E-state index in [9.17, 15) is 0 Å². The van der Waals surface area contributed by atoms with Gasteiger partial charge in [-0.2, -0.15) is 0 Å². The molecule has 0 unspecified atom stereocenters. The minimum Gasteiger partial charge on any atom is -0.383 e. The molecule has 2 rings (SSSR count). The van der Waals surface area contributed by atoms with Crippen LogP contribution in [0.1, 0.15) is 0 Å². The molecule has 4 N–H and O–H groups in total. The van der Waals surface area contributed by atoms with E-state index in [-0.39, 0.29) is 0 Å². The predicted molar refractivity (Wildman–Crippen MR) is 78.7 cm³/mol. The van der Waals surface area contributed by atoms with Crippen molar-refractivity contribution >= 4 is 17.3 Å². The van der Waals surface area contributed by atoms with Gasteiger partial charge in [-0.25, -0.2) is 15.8 Å². The molecular weight excluding hydrogens is 258 g/mol. The fraction of sp³-hybridized carbons (Fsp3) is 0.500. The quantitative estimate of drug-likeness (QED) is 0.463. The van der Waals surface area contributed by atoms with Gasteiger partial charge in [0.25, 0.3) is 0 Å². The zero-order valence-corrected chi connectivity index (χ0v) is 11.8. The Balaban J connectivity index is 1.96. The van der Waals surface area contributed by atoms with Crippen molar-refractivity contribution < 1.29 is 4.74 Å². The summed E-state index contributed by atoms with van der Waals surface area (Å²) in [5, 5.41) is 3.28. The Morgan fingerprint density at radius 2 is 2.30 bits per heavy atom. The number of nitrogens with one attached hydrogen (secondary N) is 2. The average Bonchev–Trinajstić information content (AvgIpc) is 2.93. The van der Waals surface area contributed by atoms with Crippen molar-refractivity contribution in [1.82, 2.24) is 19.3 Å². The summed E-state index contributed by atoms with van der Waals surface area (Å²) in [6, 6.07) is 0. The van der Waals surface area contributed by atoms with E-state index in [1.54, 1.807) is 19.5 Å². The Hall–Kier alpha value is -1.90. The first-order valence-electron chi connectivity index (χ1n) is 6.46. The number of likely N-dealkylation sites (N-methyl/N-ethyl adjacent to an activating group) is 1. The first-order chi connectivity index (χ1) is 9.74. The lowest BCUT2D eigenvalue weighted by Gasteiger charge is -2.16. The Bertz CT molecular complexity index is 542. The van der Waals surface area contributed by atoms with Crippen LogP contribution in [-0.2, 0) is 4.74 Å². The first-order valence-corrected chi connectivity index (χ1v) is 6.46. The predicted octanol–water partition coefficient (Wildman–Crippen LogP) is 0.00500. The Kier molecular flexibility index (Phi) is 5.10. The van der Waals surface area contributed by atoms with E-state index in [0.717, 1.165) is 31.9 Å². The summed E-state index contributed by atoms with van der Waals surface area (Å²) in [4.78, 5) is 10.8. The summed E-state index contributed by atoms with van der Waals surface area (Å²) in [5.74, 6) is 6.72. The van der Waals surface area contributed by atoms with Crippen LogP contribution in [0.15, 0.2) is 18.6 Å². The minimum absolute atomic E-state index is 0.589. The Morgan fingerprint density at radius 1 is 1.45 bits per heavy atom. The molecule has 2 aromatic heterocycles. The second-order valence-corrected chi connectivity index (χ2v) is 4.50. The van der Waals surface area contributed by atoms with E-state index >= 15 is 0 Å². The molecule has 2 heterocycles. The van der Waals surface area contributed by atoms with E-state index in [2.05, 4.69) is 32.7 Å². The molecule has 0 fully saturated rings. The van der Waals surface area contributed by atoms with Gasteiger partial charge in [-0.05, 0) is 7.05 Å². The van der Waals surface area contributed by atoms with Gasteiger partial charge in [0, 0.05) is 39.1 Å². The average molecular weight is 279 g/mol. The van der Waals surface area contributed by atoms with Gasteiger partial charge < -0.3 is 24.8 Å². The number of hydrogen-bond donors (Lipinski definition) is 3. The number of hydrogen-bond acceptors (Lipinski definition) is 7. The van der Waals surface area contributed by atoms with Crippen LogP contribution in [0.5, 0.6) is 0 Å². The molecule has 0 bridgehead atoms. The molecule has 0 aliphatic rings. The number of nitrogens with two attached hydrogens (primary N) is 1. The van der Waals surface area contributed by atoms with E-state index in [4.69, 9.17) is 10.6 Å². The van der Waals surface area contributed by atoms with Crippen LogP contribution in [-0.4, -0.2) is 59.7 Å². The Labute approximate surface area is 117 Å². The van der Waals surface area contributed by atoms with Crippen LogP contribution in [0.2, 0.25) is 0 Å². The fourth-order valence-corrected chi connectivity index (χ4v) is 1.84. The number of methoxy groups -OCH3 is 1. The summed E-state index contributed by atoms with van der Waals surface area (Å²) in [5.41, 5.74) is 3.33. The summed E-state index contributed by atoms with van der Waals surface area (Å²) in [7, 11) is 3.76. The number of nitrogen functional groups attached to an aromatic ring is 1. The summed E-state index contributed by atoms with van der Waals surface area (Å²) in [6.45, 7) is 3.28. The van der Waals surface area contributed by atoms with Crippen LogP contribution >= 0.6 is 0 Å². The summed E-state index contributed by atoms with van der Waals surface area (Å²) < 4.78 is 6.92. The van der Waals surface area contributed by atoms with Crippen molar-refractivity contribution in [1.29, 1.82) is 0 Å². The summed E-state index contributed by atoms with van der Waals surface area (Å²) >= 11 is 0. The zero-order chi connectivity index (χ0) is 14.4. The second kappa shape index (κ2) is 7.04. The van der Waals surface area contributed by atoms with Gasteiger partial charge in [0.15, 0.2) is 17.3 Å². The second-order valence-electron chi connectivity index (χ2n) is 4.50. The maximum Gasteiger partial charge on any atom is 0.180 e. The van der Waals surface area contributed by atoms with Crippen LogP contribution in [0.3, 0.4) is 0 Å². The lowest BCUT2D eigenvalue weighted by atomic mass is 10.5. The lowest BCUT2D eigenvalue weighted by molar-refractivity contribution is 0.163. The first kappa shape index (κ1) is 14.5. The molecule has 0 aliphatic carbocycles. The molecule has 8 heteroatoms. The van der Waals surface area contributed by atoms with Crippen LogP contribution in [0.25, 0.3) is 5.65 Å². The van der Waals surface area contributed by atoms with Gasteiger partial charge in [-0.3, -0.25) is 0 Å². The third-order valence-corrected chi connectivity index (χ3v) is 2.99. The van der Waals surface area contributed by atoms with Crippen molar-refractivity contribution in [3.8, 4) is 0 Å². The van der Waals surface area contributed by atoms with Crippen molar-refractivity contribution in [2.75, 3.05) is 51.1 Å². The monoisotopic (exact) mass is 279 g/mol. The highest BCUT2D eigenvalue weighted by atomic mass is 16.5. The largest absolute Gasteiger partial charge is 0.383 e. The maximum atomic E-state index is 5.41. The van der Waals surface area contributed by atoms with Gasteiger partial charge in [0.1, 0.15) is 0 Å². The van der Waals surface area contributed by atoms with E-state index in [1.807, 2.05) is 10.6 Å². The third kappa shape index (κ3) is 3.56. The molecule has 0 aromatic carbocycles. The standard InChI is InChI=1S/C12H21N7O/c1-18(7-8-20-2)5-3-14-11-12-15-4-6-19(12)9-10(16-11)17-13/h4,6,9,17H,3,5,7-8,13H2,1-2H3,(H,14,16). The fourth-order valence-electron chi connectivity index (χ4n) is 1.84. The molecule has 2 aromatic rings. The molecule has 20 heavy (non-hydrogen) atoms. The molecule has 110 valence electrons. The number of ether oxygens (including phenoxy) is 1. The lowest BCUT2D eigenvalue weighted by Crippen LogP contribution is -2.28. The van der Waals surface area contributed by atoms with E-state index in [1.165, 1.54) is 0 Å². The molecule has 0 amide bonds. The third-order valence-electron chi connectivity index (χ3n) is 2.99. The van der Waals surface area contributed by atoms with E-state index < -0.39 is 0 Å². The van der Waals surface area contributed by atoms with Gasteiger partial charge in [0.05, 0.1) is 12.8 Å². The number of anilines is 2. The Morgan fingerprint density at radius 3 is 3.05 bits per heavy atom. The topological polar surface area (TPSA) is 92.7 Å². The molecule has 0 spiro atoms. The highest BCUT2D eigenvalue weighted by Crippen LogP contribution is 2.15. The molecule has 0 aliphatic heterocycles. The molecular formula is C12H21N7O. The van der Waals surface area contributed by atoms with Crippen molar-refractivity contribution in [2.24, 2.45) is 5.84 Å².